The highest BCUT2D eigenvalue weighted by Crippen LogP contribution is 2.38. The number of hydrogen-bond acceptors (Lipinski definition) is 6. The quantitative estimate of drug-likeness (QED) is 0.605. The minimum Gasteiger partial charge on any atom is -0.361 e. The molecule has 0 amide bonds. The van der Waals surface area contributed by atoms with Crippen molar-refractivity contribution in [2.24, 2.45) is 5.92 Å². The summed E-state index contributed by atoms with van der Waals surface area (Å²) in [7, 11) is 0. The summed E-state index contributed by atoms with van der Waals surface area (Å²) in [5.74, 6) is 1.36. The van der Waals surface area contributed by atoms with Gasteiger partial charge in [0.05, 0.1) is 4.92 Å². The standard InChI is InChI=1S/C12H19N5O2/c1-4-8-6-9(8)15-11-10(17(18)19)7(3)14-12(16-11)13-5-2/h8-9H,4-6H2,1-3H3,(H2,13,14,15,16). The summed E-state index contributed by atoms with van der Waals surface area (Å²) < 4.78 is 0. The molecule has 7 heteroatoms. The lowest BCUT2D eigenvalue weighted by Crippen LogP contribution is -2.13. The predicted octanol–water partition coefficient (Wildman–Crippen LogP) is 2.34. The summed E-state index contributed by atoms with van der Waals surface area (Å²) >= 11 is 0. The minimum absolute atomic E-state index is 0.0246. The lowest BCUT2D eigenvalue weighted by atomic mass is 10.3. The Labute approximate surface area is 112 Å². The molecule has 2 atom stereocenters. The van der Waals surface area contributed by atoms with Gasteiger partial charge in [-0.1, -0.05) is 13.3 Å². The Balaban J connectivity index is 2.29. The highest BCUT2D eigenvalue weighted by molar-refractivity contribution is 5.61. The van der Waals surface area contributed by atoms with Crippen LogP contribution in [0.4, 0.5) is 17.5 Å². The summed E-state index contributed by atoms with van der Waals surface area (Å²) in [5.41, 5.74) is 0.357. The first kappa shape index (κ1) is 13.5. The second kappa shape index (κ2) is 5.38. The Morgan fingerprint density at radius 2 is 2.16 bits per heavy atom. The van der Waals surface area contributed by atoms with Gasteiger partial charge in [-0.2, -0.15) is 4.98 Å². The molecule has 0 aliphatic heterocycles. The van der Waals surface area contributed by atoms with Gasteiger partial charge in [0.2, 0.25) is 11.8 Å². The van der Waals surface area contributed by atoms with Gasteiger partial charge in [-0.25, -0.2) is 4.98 Å². The molecule has 2 unspecified atom stereocenters. The number of nitro groups is 1. The second-order valence-corrected chi connectivity index (χ2v) is 4.77. The lowest BCUT2D eigenvalue weighted by Gasteiger charge is -2.09. The Bertz CT molecular complexity index is 491. The monoisotopic (exact) mass is 265 g/mol. The fraction of sp³-hybridized carbons (Fsp3) is 0.667. The lowest BCUT2D eigenvalue weighted by molar-refractivity contribution is -0.385. The number of nitrogens with zero attached hydrogens (tertiary/aromatic N) is 3. The maximum atomic E-state index is 11.1. The molecule has 2 rings (SSSR count). The van der Waals surface area contributed by atoms with Crippen LogP contribution in [0.25, 0.3) is 0 Å². The van der Waals surface area contributed by atoms with Crippen LogP contribution in [0.15, 0.2) is 0 Å². The zero-order chi connectivity index (χ0) is 14.0. The van der Waals surface area contributed by atoms with Crippen molar-refractivity contribution >= 4 is 17.5 Å². The van der Waals surface area contributed by atoms with Gasteiger partial charge in [0.1, 0.15) is 5.69 Å². The number of rotatable bonds is 6. The molecule has 104 valence electrons. The van der Waals surface area contributed by atoms with E-state index in [1.165, 1.54) is 0 Å². The Kier molecular flexibility index (Phi) is 3.82. The van der Waals surface area contributed by atoms with Gasteiger partial charge in [0.15, 0.2) is 0 Å². The van der Waals surface area contributed by atoms with Crippen molar-refractivity contribution in [1.82, 2.24) is 9.97 Å². The van der Waals surface area contributed by atoms with Crippen molar-refractivity contribution in [3.05, 3.63) is 15.8 Å². The van der Waals surface area contributed by atoms with Gasteiger partial charge >= 0.3 is 5.69 Å². The first-order chi connectivity index (χ1) is 9.06. The minimum atomic E-state index is -0.420. The van der Waals surface area contributed by atoms with E-state index in [-0.39, 0.29) is 5.69 Å². The fourth-order valence-electron chi connectivity index (χ4n) is 2.17. The van der Waals surface area contributed by atoms with Gasteiger partial charge in [0.25, 0.3) is 0 Å². The topological polar surface area (TPSA) is 93.0 Å². The zero-order valence-electron chi connectivity index (χ0n) is 11.4. The van der Waals surface area contributed by atoms with Crippen LogP contribution >= 0.6 is 0 Å². The molecule has 1 heterocycles. The van der Waals surface area contributed by atoms with Crippen molar-refractivity contribution in [2.75, 3.05) is 17.2 Å². The number of nitrogens with one attached hydrogen (secondary N) is 2. The van der Waals surface area contributed by atoms with Gasteiger partial charge < -0.3 is 10.6 Å². The first-order valence-corrected chi connectivity index (χ1v) is 6.60. The third kappa shape index (κ3) is 2.91. The first-order valence-electron chi connectivity index (χ1n) is 6.60. The SMILES string of the molecule is CCNc1nc(C)c([N+](=O)[O-])c(NC2CC2CC)n1. The van der Waals surface area contributed by atoms with Crippen LogP contribution in [-0.2, 0) is 0 Å². The number of hydrogen-bond donors (Lipinski definition) is 2. The molecule has 1 aliphatic rings. The van der Waals surface area contributed by atoms with Gasteiger partial charge in [0, 0.05) is 12.6 Å². The molecular formula is C12H19N5O2. The molecule has 1 fully saturated rings. The molecule has 1 aromatic heterocycles. The van der Waals surface area contributed by atoms with Gasteiger partial charge in [-0.15, -0.1) is 0 Å². The van der Waals surface area contributed by atoms with Crippen LogP contribution in [0, 0.1) is 23.0 Å². The van der Waals surface area contributed by atoms with Crippen LogP contribution in [0.3, 0.4) is 0 Å². The van der Waals surface area contributed by atoms with E-state index in [0.717, 1.165) is 12.8 Å². The van der Waals surface area contributed by atoms with E-state index >= 15 is 0 Å². The molecule has 19 heavy (non-hydrogen) atoms. The molecule has 1 aliphatic carbocycles. The van der Waals surface area contributed by atoms with Crippen LogP contribution in [0.1, 0.15) is 32.4 Å². The highest BCUT2D eigenvalue weighted by atomic mass is 16.6. The van der Waals surface area contributed by atoms with Crippen molar-refractivity contribution in [3.63, 3.8) is 0 Å². The third-order valence-electron chi connectivity index (χ3n) is 3.34. The second-order valence-electron chi connectivity index (χ2n) is 4.77. The van der Waals surface area contributed by atoms with Crippen molar-refractivity contribution < 1.29 is 4.92 Å². The molecule has 0 radical (unpaired) electrons. The summed E-state index contributed by atoms with van der Waals surface area (Å²) in [6.07, 6.45) is 2.13. The van der Waals surface area contributed by atoms with E-state index in [1.54, 1.807) is 6.92 Å². The summed E-state index contributed by atoms with van der Waals surface area (Å²) in [5, 5.41) is 17.3. The normalized spacial score (nSPS) is 21.0. The molecule has 0 bridgehead atoms. The van der Waals surface area contributed by atoms with E-state index in [0.29, 0.717) is 36.0 Å². The van der Waals surface area contributed by atoms with E-state index in [1.807, 2.05) is 6.92 Å². The van der Waals surface area contributed by atoms with E-state index in [4.69, 9.17) is 0 Å². The Morgan fingerprint density at radius 3 is 2.68 bits per heavy atom. The maximum absolute atomic E-state index is 11.1. The summed E-state index contributed by atoms with van der Waals surface area (Å²) in [4.78, 5) is 19.0. The van der Waals surface area contributed by atoms with Gasteiger partial charge in [-0.05, 0) is 26.2 Å². The third-order valence-corrected chi connectivity index (χ3v) is 3.34. The van der Waals surface area contributed by atoms with E-state index in [9.17, 15) is 10.1 Å². The van der Waals surface area contributed by atoms with Crippen molar-refractivity contribution in [3.8, 4) is 0 Å². The van der Waals surface area contributed by atoms with Crippen LogP contribution in [-0.4, -0.2) is 27.5 Å². The Hall–Kier alpha value is -1.92. The smallest absolute Gasteiger partial charge is 0.332 e. The van der Waals surface area contributed by atoms with Crippen LogP contribution < -0.4 is 10.6 Å². The molecule has 1 aromatic rings. The van der Waals surface area contributed by atoms with Crippen molar-refractivity contribution in [1.29, 1.82) is 0 Å². The van der Waals surface area contributed by atoms with E-state index < -0.39 is 4.92 Å². The van der Waals surface area contributed by atoms with Crippen LogP contribution in [0.2, 0.25) is 0 Å². The molecule has 7 nitrogen and oxygen atoms in total. The number of aryl methyl sites for hydroxylation is 1. The molecule has 0 spiro atoms. The molecule has 0 saturated heterocycles. The molecule has 0 aromatic carbocycles. The van der Waals surface area contributed by atoms with Gasteiger partial charge in [-0.3, -0.25) is 10.1 Å². The maximum Gasteiger partial charge on any atom is 0.332 e. The summed E-state index contributed by atoms with van der Waals surface area (Å²) in [6.45, 7) is 6.37. The average molecular weight is 265 g/mol. The number of aromatic nitrogens is 2. The average Bonchev–Trinajstić information content (AvgIpc) is 3.06. The van der Waals surface area contributed by atoms with Crippen LogP contribution in [0.5, 0.6) is 0 Å². The molecule has 2 N–H and O–H groups in total. The molecular weight excluding hydrogens is 246 g/mol. The largest absolute Gasteiger partial charge is 0.361 e. The number of anilines is 2. The molecule has 1 saturated carbocycles. The predicted molar refractivity (Wildman–Crippen MR) is 73.4 cm³/mol. The Morgan fingerprint density at radius 1 is 1.42 bits per heavy atom. The fourth-order valence-corrected chi connectivity index (χ4v) is 2.17. The summed E-state index contributed by atoms with van der Waals surface area (Å²) in [6, 6.07) is 0.299. The van der Waals surface area contributed by atoms with Crippen molar-refractivity contribution in [2.45, 2.75) is 39.7 Å². The zero-order valence-corrected chi connectivity index (χ0v) is 11.4. The van der Waals surface area contributed by atoms with E-state index in [2.05, 4.69) is 27.5 Å². The highest BCUT2D eigenvalue weighted by Gasteiger charge is 2.37.